The van der Waals surface area contributed by atoms with Crippen molar-refractivity contribution in [2.45, 2.75) is 20.0 Å². The first-order chi connectivity index (χ1) is 10.7. The molecule has 0 bridgehead atoms. The zero-order valence-electron chi connectivity index (χ0n) is 13.8. The van der Waals surface area contributed by atoms with Gasteiger partial charge in [0.15, 0.2) is 5.96 Å². The predicted octanol–water partition coefficient (Wildman–Crippen LogP) is 3.49. The Bertz CT molecular complexity index is 629. The molecule has 0 aromatic heterocycles. The molecule has 23 heavy (non-hydrogen) atoms. The highest BCUT2D eigenvalue weighted by Gasteiger charge is 2.04. The summed E-state index contributed by atoms with van der Waals surface area (Å²) in [5.74, 6) is 1.66. The minimum atomic E-state index is 0. The molecule has 0 radical (unpaired) electrons. The Hall–Kier alpha value is -1.76. The molecule has 2 aromatic carbocycles. The second kappa shape index (κ2) is 10.1. The summed E-state index contributed by atoms with van der Waals surface area (Å²) >= 11 is 0. The lowest BCUT2D eigenvalue weighted by Crippen LogP contribution is -2.36. The Morgan fingerprint density at radius 3 is 2.39 bits per heavy atom. The van der Waals surface area contributed by atoms with Crippen LogP contribution in [0.1, 0.15) is 16.7 Å². The number of aliphatic imine (C=N–C) groups is 1. The van der Waals surface area contributed by atoms with Crippen LogP contribution in [0.3, 0.4) is 0 Å². The first-order valence-electron chi connectivity index (χ1n) is 7.35. The molecule has 0 atom stereocenters. The van der Waals surface area contributed by atoms with E-state index >= 15 is 0 Å². The molecule has 2 aromatic rings. The van der Waals surface area contributed by atoms with Crippen LogP contribution in [0.15, 0.2) is 53.5 Å². The number of methoxy groups -OCH3 is 1. The van der Waals surface area contributed by atoms with E-state index in [4.69, 9.17) is 4.74 Å². The maximum atomic E-state index is 5.42. The summed E-state index contributed by atoms with van der Waals surface area (Å²) in [5, 5.41) is 6.61. The van der Waals surface area contributed by atoms with Crippen molar-refractivity contribution in [1.82, 2.24) is 10.6 Å². The third kappa shape index (κ3) is 6.09. The van der Waals surface area contributed by atoms with Gasteiger partial charge in [-0.25, -0.2) is 0 Å². The minimum Gasteiger partial charge on any atom is -0.496 e. The summed E-state index contributed by atoms with van der Waals surface area (Å²) < 4.78 is 5.42. The molecule has 0 saturated heterocycles. The van der Waals surface area contributed by atoms with E-state index in [1.807, 2.05) is 24.3 Å². The summed E-state index contributed by atoms with van der Waals surface area (Å²) in [6.07, 6.45) is 0. The molecule has 2 N–H and O–H groups in total. The molecule has 0 fully saturated rings. The summed E-state index contributed by atoms with van der Waals surface area (Å²) in [4.78, 5) is 4.24. The monoisotopic (exact) mass is 425 g/mol. The van der Waals surface area contributed by atoms with Gasteiger partial charge in [-0.1, -0.05) is 42.5 Å². The number of rotatable bonds is 5. The lowest BCUT2D eigenvalue weighted by molar-refractivity contribution is 0.408. The highest BCUT2D eigenvalue weighted by molar-refractivity contribution is 14.0. The number of hydrogen-bond acceptors (Lipinski definition) is 2. The van der Waals surface area contributed by atoms with Crippen LogP contribution in [-0.4, -0.2) is 20.1 Å². The zero-order valence-corrected chi connectivity index (χ0v) is 16.1. The predicted molar refractivity (Wildman–Crippen MR) is 107 cm³/mol. The fourth-order valence-electron chi connectivity index (χ4n) is 2.18. The molecule has 0 aliphatic carbocycles. The number of aryl methyl sites for hydroxylation is 1. The van der Waals surface area contributed by atoms with Crippen molar-refractivity contribution in [3.05, 3.63) is 65.2 Å². The van der Waals surface area contributed by atoms with E-state index in [1.165, 1.54) is 11.1 Å². The number of benzene rings is 2. The van der Waals surface area contributed by atoms with Crippen LogP contribution in [0.2, 0.25) is 0 Å². The van der Waals surface area contributed by atoms with Gasteiger partial charge in [0.2, 0.25) is 0 Å². The van der Waals surface area contributed by atoms with Crippen LogP contribution in [-0.2, 0) is 13.1 Å². The molecule has 0 unspecified atom stereocenters. The molecule has 0 heterocycles. The molecule has 0 aliphatic rings. The molecule has 0 amide bonds. The summed E-state index contributed by atoms with van der Waals surface area (Å²) in [6, 6.07) is 16.4. The second-order valence-electron chi connectivity index (χ2n) is 5.08. The topological polar surface area (TPSA) is 45.7 Å². The van der Waals surface area contributed by atoms with Crippen molar-refractivity contribution in [2.75, 3.05) is 14.2 Å². The van der Waals surface area contributed by atoms with Gasteiger partial charge in [-0.2, -0.15) is 0 Å². The lowest BCUT2D eigenvalue weighted by atomic mass is 10.1. The van der Waals surface area contributed by atoms with Gasteiger partial charge in [0.1, 0.15) is 5.75 Å². The van der Waals surface area contributed by atoms with E-state index in [-0.39, 0.29) is 24.0 Å². The molecule has 2 rings (SSSR count). The SMILES string of the molecule is CN=C(NCc1ccccc1)NCc1ccc(C)cc1OC.I. The first-order valence-corrected chi connectivity index (χ1v) is 7.35. The van der Waals surface area contributed by atoms with Gasteiger partial charge in [-0.05, 0) is 24.1 Å². The molecular weight excluding hydrogens is 401 g/mol. The zero-order chi connectivity index (χ0) is 15.8. The number of hydrogen-bond donors (Lipinski definition) is 2. The van der Waals surface area contributed by atoms with Crippen molar-refractivity contribution in [2.24, 2.45) is 4.99 Å². The Morgan fingerprint density at radius 1 is 1.04 bits per heavy atom. The molecule has 0 aliphatic heterocycles. The number of nitrogens with zero attached hydrogens (tertiary/aromatic N) is 1. The van der Waals surface area contributed by atoms with Crippen LogP contribution >= 0.6 is 24.0 Å². The van der Waals surface area contributed by atoms with E-state index in [0.29, 0.717) is 6.54 Å². The third-order valence-electron chi connectivity index (χ3n) is 3.42. The van der Waals surface area contributed by atoms with E-state index in [9.17, 15) is 0 Å². The number of nitrogens with one attached hydrogen (secondary N) is 2. The van der Waals surface area contributed by atoms with Crippen molar-refractivity contribution in [3.8, 4) is 5.75 Å². The largest absolute Gasteiger partial charge is 0.496 e. The van der Waals surface area contributed by atoms with Crippen LogP contribution in [0.5, 0.6) is 5.75 Å². The van der Waals surface area contributed by atoms with Crippen molar-refractivity contribution in [1.29, 1.82) is 0 Å². The standard InChI is InChI=1S/C18H23N3O.HI/c1-14-9-10-16(17(11-14)22-3)13-21-18(19-2)20-12-15-7-5-4-6-8-15;/h4-11H,12-13H2,1-3H3,(H2,19,20,21);1H. The normalized spacial score (nSPS) is 10.7. The Labute approximate surface area is 155 Å². The van der Waals surface area contributed by atoms with Crippen molar-refractivity contribution in [3.63, 3.8) is 0 Å². The number of halogens is 1. The maximum absolute atomic E-state index is 5.42. The molecule has 0 saturated carbocycles. The van der Waals surface area contributed by atoms with E-state index in [2.05, 4.69) is 46.8 Å². The second-order valence-corrected chi connectivity index (χ2v) is 5.08. The average molecular weight is 425 g/mol. The highest BCUT2D eigenvalue weighted by atomic mass is 127. The Balaban J connectivity index is 0.00000264. The lowest BCUT2D eigenvalue weighted by Gasteiger charge is -2.14. The summed E-state index contributed by atoms with van der Waals surface area (Å²) in [6.45, 7) is 3.46. The van der Waals surface area contributed by atoms with Gasteiger partial charge in [-0.3, -0.25) is 4.99 Å². The summed E-state index contributed by atoms with van der Waals surface area (Å²) in [5.41, 5.74) is 3.52. The Kier molecular flexibility index (Phi) is 8.47. The van der Waals surface area contributed by atoms with Gasteiger partial charge in [0.25, 0.3) is 0 Å². The molecule has 0 spiro atoms. The van der Waals surface area contributed by atoms with Gasteiger partial charge < -0.3 is 15.4 Å². The molecule has 124 valence electrons. The quantitative estimate of drug-likeness (QED) is 0.438. The molecule has 4 nitrogen and oxygen atoms in total. The molecular formula is C18H24IN3O. The van der Waals surface area contributed by atoms with E-state index < -0.39 is 0 Å². The first kappa shape index (κ1) is 19.3. The fraction of sp³-hybridized carbons (Fsp3) is 0.278. The smallest absolute Gasteiger partial charge is 0.191 e. The number of ether oxygens (including phenoxy) is 1. The fourth-order valence-corrected chi connectivity index (χ4v) is 2.18. The van der Waals surface area contributed by atoms with Crippen molar-refractivity contribution < 1.29 is 4.74 Å². The van der Waals surface area contributed by atoms with Crippen molar-refractivity contribution >= 4 is 29.9 Å². The summed E-state index contributed by atoms with van der Waals surface area (Å²) in [7, 11) is 3.47. The Morgan fingerprint density at radius 2 is 1.74 bits per heavy atom. The van der Waals surface area contributed by atoms with E-state index in [1.54, 1.807) is 14.2 Å². The van der Waals surface area contributed by atoms with Gasteiger partial charge in [-0.15, -0.1) is 24.0 Å². The third-order valence-corrected chi connectivity index (χ3v) is 3.42. The molecule has 5 heteroatoms. The van der Waals surface area contributed by atoms with Crippen LogP contribution < -0.4 is 15.4 Å². The average Bonchev–Trinajstić information content (AvgIpc) is 2.56. The van der Waals surface area contributed by atoms with E-state index in [0.717, 1.165) is 23.8 Å². The van der Waals surface area contributed by atoms with Gasteiger partial charge >= 0.3 is 0 Å². The van der Waals surface area contributed by atoms with Gasteiger partial charge in [0, 0.05) is 25.7 Å². The van der Waals surface area contributed by atoms with Gasteiger partial charge in [0.05, 0.1) is 7.11 Å². The maximum Gasteiger partial charge on any atom is 0.191 e. The highest BCUT2D eigenvalue weighted by Crippen LogP contribution is 2.19. The van der Waals surface area contributed by atoms with Crippen LogP contribution in [0, 0.1) is 6.92 Å². The van der Waals surface area contributed by atoms with Crippen LogP contribution in [0.25, 0.3) is 0 Å². The minimum absolute atomic E-state index is 0. The number of guanidine groups is 1. The van der Waals surface area contributed by atoms with Crippen LogP contribution in [0.4, 0.5) is 0 Å².